The van der Waals surface area contributed by atoms with E-state index in [0.717, 1.165) is 11.3 Å². The summed E-state index contributed by atoms with van der Waals surface area (Å²) in [5, 5.41) is 15.4. The van der Waals surface area contributed by atoms with Gasteiger partial charge in [-0.1, -0.05) is 41.0 Å². The number of nitrogens with zero attached hydrogens (tertiary/aromatic N) is 3. The predicted octanol–water partition coefficient (Wildman–Crippen LogP) is 4.96. The number of benzene rings is 2. The van der Waals surface area contributed by atoms with Gasteiger partial charge in [0, 0.05) is 18.3 Å². The van der Waals surface area contributed by atoms with Gasteiger partial charge in [0.25, 0.3) is 5.91 Å². The van der Waals surface area contributed by atoms with Crippen LogP contribution in [0.4, 0.5) is 5.69 Å². The van der Waals surface area contributed by atoms with Crippen molar-refractivity contribution in [2.45, 2.75) is 32.0 Å². The second-order valence-corrected chi connectivity index (χ2v) is 9.12. The van der Waals surface area contributed by atoms with Crippen molar-refractivity contribution in [3.8, 4) is 0 Å². The minimum Gasteiger partial charge on any atom is -0.342 e. The standard InChI is InChI=1S/C22H23Cl2N5O2S/c1-12-5-7-16(9-13(12)2)26-19(30)11-32-22-28-27-20(29(22)4)14(3)25-21(31)15-6-8-17(23)18(24)10-15/h5-10,14H,11H2,1-4H3,(H,25,31)(H,26,30)/t14-/m0/s1. The third kappa shape index (κ3) is 5.82. The van der Waals surface area contributed by atoms with Gasteiger partial charge in [-0.15, -0.1) is 10.2 Å². The minimum atomic E-state index is -0.409. The number of nitrogens with one attached hydrogen (secondary N) is 2. The van der Waals surface area contributed by atoms with E-state index in [1.54, 1.807) is 30.7 Å². The van der Waals surface area contributed by atoms with E-state index < -0.39 is 6.04 Å². The summed E-state index contributed by atoms with van der Waals surface area (Å²) in [4.78, 5) is 24.8. The van der Waals surface area contributed by atoms with Crippen LogP contribution in [0.3, 0.4) is 0 Å². The van der Waals surface area contributed by atoms with Gasteiger partial charge in [-0.05, 0) is 62.2 Å². The smallest absolute Gasteiger partial charge is 0.251 e. The van der Waals surface area contributed by atoms with Gasteiger partial charge in [0.15, 0.2) is 11.0 Å². The Balaban J connectivity index is 1.59. The molecule has 3 rings (SSSR count). The van der Waals surface area contributed by atoms with E-state index in [9.17, 15) is 9.59 Å². The van der Waals surface area contributed by atoms with E-state index in [4.69, 9.17) is 23.2 Å². The molecule has 0 bridgehead atoms. The van der Waals surface area contributed by atoms with Crippen LogP contribution in [0.25, 0.3) is 0 Å². The average Bonchev–Trinajstić information content (AvgIpc) is 3.11. The van der Waals surface area contributed by atoms with Gasteiger partial charge < -0.3 is 15.2 Å². The fourth-order valence-electron chi connectivity index (χ4n) is 2.96. The SMILES string of the molecule is Cc1ccc(NC(=O)CSc2nnc([C@H](C)NC(=O)c3ccc(Cl)c(Cl)c3)n2C)cc1C. The normalized spacial score (nSPS) is 11.8. The third-order valence-electron chi connectivity index (χ3n) is 4.91. The first-order chi connectivity index (χ1) is 15.2. The van der Waals surface area contributed by atoms with Crippen molar-refractivity contribution >= 4 is 52.5 Å². The molecule has 32 heavy (non-hydrogen) atoms. The lowest BCUT2D eigenvalue weighted by atomic mass is 10.1. The second kappa shape index (κ2) is 10.4. The van der Waals surface area contributed by atoms with Crippen molar-refractivity contribution in [2.75, 3.05) is 11.1 Å². The summed E-state index contributed by atoms with van der Waals surface area (Å²) in [7, 11) is 1.79. The molecule has 0 fully saturated rings. The molecule has 0 unspecified atom stereocenters. The lowest BCUT2D eigenvalue weighted by molar-refractivity contribution is -0.113. The number of halogens is 2. The van der Waals surface area contributed by atoms with E-state index in [2.05, 4.69) is 20.8 Å². The number of aryl methyl sites for hydroxylation is 2. The molecule has 0 aliphatic carbocycles. The third-order valence-corrected chi connectivity index (χ3v) is 6.67. The Labute approximate surface area is 200 Å². The first-order valence-electron chi connectivity index (χ1n) is 9.80. The largest absolute Gasteiger partial charge is 0.342 e. The van der Waals surface area contributed by atoms with Crippen molar-refractivity contribution in [2.24, 2.45) is 7.05 Å². The summed E-state index contributed by atoms with van der Waals surface area (Å²) in [6, 6.07) is 10.1. The Hall–Kier alpha value is -2.55. The maximum Gasteiger partial charge on any atom is 0.251 e. The topological polar surface area (TPSA) is 88.9 Å². The van der Waals surface area contributed by atoms with Crippen LogP contribution < -0.4 is 10.6 Å². The Morgan fingerprint density at radius 3 is 2.50 bits per heavy atom. The zero-order chi connectivity index (χ0) is 23.4. The van der Waals surface area contributed by atoms with Gasteiger partial charge in [-0.25, -0.2) is 0 Å². The van der Waals surface area contributed by atoms with Crippen LogP contribution in [0.2, 0.25) is 10.0 Å². The lowest BCUT2D eigenvalue weighted by Gasteiger charge is -2.14. The molecule has 7 nitrogen and oxygen atoms in total. The fraction of sp³-hybridized carbons (Fsp3) is 0.273. The first-order valence-corrected chi connectivity index (χ1v) is 11.5. The average molecular weight is 492 g/mol. The van der Waals surface area contributed by atoms with Crippen LogP contribution in [0.15, 0.2) is 41.6 Å². The lowest BCUT2D eigenvalue weighted by Crippen LogP contribution is -2.28. The molecule has 0 spiro atoms. The number of hydrogen-bond donors (Lipinski definition) is 2. The van der Waals surface area contributed by atoms with Crippen LogP contribution in [-0.2, 0) is 11.8 Å². The van der Waals surface area contributed by atoms with Crippen molar-refractivity contribution in [1.29, 1.82) is 0 Å². The molecule has 2 aromatic carbocycles. The number of aromatic nitrogens is 3. The van der Waals surface area contributed by atoms with Crippen LogP contribution in [0.5, 0.6) is 0 Å². The molecule has 0 aliphatic heterocycles. The van der Waals surface area contributed by atoms with Crippen LogP contribution >= 0.6 is 35.0 Å². The number of anilines is 1. The molecule has 3 aromatic rings. The molecular weight excluding hydrogens is 469 g/mol. The zero-order valence-electron chi connectivity index (χ0n) is 18.1. The summed E-state index contributed by atoms with van der Waals surface area (Å²) in [6.07, 6.45) is 0. The van der Waals surface area contributed by atoms with E-state index in [0.29, 0.717) is 26.6 Å². The van der Waals surface area contributed by atoms with E-state index in [1.807, 2.05) is 32.0 Å². The monoisotopic (exact) mass is 491 g/mol. The maximum atomic E-state index is 12.5. The van der Waals surface area contributed by atoms with Gasteiger partial charge in [0.05, 0.1) is 21.8 Å². The number of thioether (sulfide) groups is 1. The van der Waals surface area contributed by atoms with Gasteiger partial charge >= 0.3 is 0 Å². The molecule has 168 valence electrons. The predicted molar refractivity (Wildman–Crippen MR) is 129 cm³/mol. The highest BCUT2D eigenvalue weighted by molar-refractivity contribution is 7.99. The molecular formula is C22H23Cl2N5O2S. The van der Waals surface area contributed by atoms with Crippen molar-refractivity contribution in [1.82, 2.24) is 20.1 Å². The number of hydrogen-bond acceptors (Lipinski definition) is 5. The van der Waals surface area contributed by atoms with Crippen molar-refractivity contribution < 1.29 is 9.59 Å². The number of carbonyl (C=O) groups excluding carboxylic acids is 2. The van der Waals surface area contributed by atoms with Gasteiger partial charge in [0.1, 0.15) is 0 Å². The quantitative estimate of drug-likeness (QED) is 0.455. The van der Waals surface area contributed by atoms with Crippen molar-refractivity contribution in [3.05, 3.63) is 69.0 Å². The second-order valence-electron chi connectivity index (χ2n) is 7.36. The zero-order valence-corrected chi connectivity index (χ0v) is 20.4. The Kier molecular flexibility index (Phi) is 7.82. The number of amides is 2. The maximum absolute atomic E-state index is 12.5. The molecule has 1 aromatic heterocycles. The summed E-state index contributed by atoms with van der Waals surface area (Å²) in [6.45, 7) is 5.83. The van der Waals surface area contributed by atoms with Crippen LogP contribution in [0.1, 0.15) is 40.3 Å². The highest BCUT2D eigenvalue weighted by atomic mass is 35.5. The molecule has 1 heterocycles. The molecule has 2 amide bonds. The first kappa shape index (κ1) is 24.1. The summed E-state index contributed by atoms with van der Waals surface area (Å²) >= 11 is 13.2. The highest BCUT2D eigenvalue weighted by Gasteiger charge is 2.19. The number of carbonyl (C=O) groups is 2. The summed E-state index contributed by atoms with van der Waals surface area (Å²) in [5.74, 6) is 0.309. The van der Waals surface area contributed by atoms with Gasteiger partial charge in [0.2, 0.25) is 5.91 Å². The van der Waals surface area contributed by atoms with E-state index in [-0.39, 0.29) is 17.6 Å². The van der Waals surface area contributed by atoms with Crippen molar-refractivity contribution in [3.63, 3.8) is 0 Å². The Morgan fingerprint density at radius 2 is 1.81 bits per heavy atom. The molecule has 1 atom stereocenters. The highest BCUT2D eigenvalue weighted by Crippen LogP contribution is 2.24. The molecule has 0 saturated heterocycles. The Morgan fingerprint density at radius 1 is 1.06 bits per heavy atom. The summed E-state index contributed by atoms with van der Waals surface area (Å²) in [5.41, 5.74) is 3.44. The molecule has 10 heteroatoms. The fourth-order valence-corrected chi connectivity index (χ4v) is 3.97. The Bertz CT molecular complexity index is 1170. The molecule has 0 saturated carbocycles. The molecule has 0 radical (unpaired) electrons. The summed E-state index contributed by atoms with van der Waals surface area (Å²) < 4.78 is 1.76. The number of rotatable bonds is 7. The van der Waals surface area contributed by atoms with E-state index >= 15 is 0 Å². The van der Waals surface area contributed by atoms with Gasteiger partial charge in [-0.2, -0.15) is 0 Å². The minimum absolute atomic E-state index is 0.135. The van der Waals surface area contributed by atoms with Crippen LogP contribution in [0, 0.1) is 13.8 Å². The molecule has 0 aliphatic rings. The van der Waals surface area contributed by atoms with E-state index in [1.165, 1.54) is 23.4 Å². The molecule has 2 N–H and O–H groups in total. The van der Waals surface area contributed by atoms with Crippen LogP contribution in [-0.4, -0.2) is 32.3 Å². The van der Waals surface area contributed by atoms with Gasteiger partial charge in [-0.3, -0.25) is 9.59 Å².